The summed E-state index contributed by atoms with van der Waals surface area (Å²) in [5, 5.41) is 5.79. The fraction of sp³-hybridized carbons (Fsp3) is 0.423. The Hall–Kier alpha value is -2.39. The Morgan fingerprint density at radius 1 is 1.26 bits per heavy atom. The minimum atomic E-state index is -0.423. The van der Waals surface area contributed by atoms with Crippen molar-refractivity contribution in [1.82, 2.24) is 5.01 Å². The quantitative estimate of drug-likeness (QED) is 0.288. The van der Waals surface area contributed by atoms with Crippen molar-refractivity contribution in [2.24, 2.45) is 26.7 Å². The maximum atomic E-state index is 6.04. The smallest absolute Gasteiger partial charge is 0.168 e. The Bertz CT molecular complexity index is 1060. The fourth-order valence-corrected chi connectivity index (χ4v) is 5.18. The first-order valence-corrected chi connectivity index (χ1v) is 12.4. The molecule has 2 heterocycles. The van der Waals surface area contributed by atoms with E-state index in [1.165, 1.54) is 0 Å². The molecule has 180 valence electrons. The molecule has 1 aromatic carbocycles. The Kier molecular flexibility index (Phi) is 7.93. The molecule has 1 spiro atoms. The predicted molar refractivity (Wildman–Crippen MR) is 142 cm³/mol. The van der Waals surface area contributed by atoms with Crippen molar-refractivity contribution in [1.29, 1.82) is 0 Å². The lowest BCUT2D eigenvalue weighted by Crippen LogP contribution is -2.37. The van der Waals surface area contributed by atoms with Gasteiger partial charge in [-0.05, 0) is 59.0 Å². The highest BCUT2D eigenvalue weighted by Crippen LogP contribution is 2.40. The lowest BCUT2D eigenvalue weighted by Gasteiger charge is -2.36. The average molecular weight is 526 g/mol. The number of hydrazone groups is 1. The molecule has 2 aliphatic heterocycles. The first-order chi connectivity index (χ1) is 16.5. The van der Waals surface area contributed by atoms with Crippen LogP contribution in [0.15, 0.2) is 67.4 Å². The minimum absolute atomic E-state index is 0.162. The second kappa shape index (κ2) is 10.9. The van der Waals surface area contributed by atoms with Crippen molar-refractivity contribution < 1.29 is 9.47 Å². The number of para-hydroxylation sites is 1. The summed E-state index contributed by atoms with van der Waals surface area (Å²) in [6.45, 7) is 11.4. The number of nitrogens with two attached hydrogens (primary N) is 1. The van der Waals surface area contributed by atoms with E-state index in [0.717, 1.165) is 58.3 Å². The molecule has 3 aliphatic rings. The van der Waals surface area contributed by atoms with E-state index >= 15 is 0 Å². The number of halogens is 1. The van der Waals surface area contributed by atoms with Gasteiger partial charge in [-0.25, -0.2) is 10.0 Å². The van der Waals surface area contributed by atoms with E-state index in [2.05, 4.69) is 51.5 Å². The number of hydrogen-bond acceptors (Lipinski definition) is 7. The highest BCUT2D eigenvalue weighted by molar-refractivity contribution is 9.12. The maximum Gasteiger partial charge on any atom is 0.168 e. The molecule has 0 bridgehead atoms. The number of hydrogen-bond donors (Lipinski definition) is 1. The van der Waals surface area contributed by atoms with Gasteiger partial charge in [-0.1, -0.05) is 24.8 Å². The molecule has 0 unspecified atom stereocenters. The third-order valence-electron chi connectivity index (χ3n) is 6.67. The Morgan fingerprint density at radius 2 is 1.97 bits per heavy atom. The molecular formula is C26H32BrN5O2. The van der Waals surface area contributed by atoms with Gasteiger partial charge in [-0.3, -0.25) is 4.99 Å². The lowest BCUT2D eigenvalue weighted by molar-refractivity contribution is -0.179. The van der Waals surface area contributed by atoms with Gasteiger partial charge in [-0.2, -0.15) is 5.10 Å². The van der Waals surface area contributed by atoms with Crippen LogP contribution in [0.3, 0.4) is 0 Å². The number of ether oxygens (including phenoxy) is 2. The standard InChI is InChI=1S/C26H32BrN5O2/c1-18(21-10-13-30-23-7-5-4-6-22(23)16-21)25(32(17-28)29-3)31-24(19(2)27)20-8-11-26(12-9-20)33-14-15-34-26/h4-7,13,16,20H,2-3,8-12,14-15,17,28H2,1H3/b25-18+,31-24+. The van der Waals surface area contributed by atoms with Crippen molar-refractivity contribution in [3.63, 3.8) is 0 Å². The van der Waals surface area contributed by atoms with Gasteiger partial charge in [0.05, 0.1) is 31.3 Å². The van der Waals surface area contributed by atoms with Gasteiger partial charge in [0, 0.05) is 48.2 Å². The first kappa shape index (κ1) is 24.7. The topological polar surface area (TPSA) is 84.8 Å². The predicted octanol–water partition coefficient (Wildman–Crippen LogP) is 5.52. The SMILES string of the molecule is C=NN(CN)C(/N=C(\C(=C)Br)C1CCC2(CC1)OCCO2)=C(\C)C1=Cc2ccccc2N=CC1. The molecule has 0 aromatic heterocycles. The van der Waals surface area contributed by atoms with Crippen molar-refractivity contribution in [2.75, 3.05) is 19.9 Å². The van der Waals surface area contributed by atoms with Crippen LogP contribution in [0.4, 0.5) is 5.69 Å². The minimum Gasteiger partial charge on any atom is -0.348 e. The summed E-state index contributed by atoms with van der Waals surface area (Å²) < 4.78 is 12.6. The molecule has 1 saturated heterocycles. The van der Waals surface area contributed by atoms with E-state index in [4.69, 9.17) is 20.2 Å². The Morgan fingerprint density at radius 3 is 2.62 bits per heavy atom. The van der Waals surface area contributed by atoms with Gasteiger partial charge in [0.15, 0.2) is 11.6 Å². The summed E-state index contributed by atoms with van der Waals surface area (Å²) in [4.78, 5) is 9.72. The van der Waals surface area contributed by atoms with Gasteiger partial charge >= 0.3 is 0 Å². The highest BCUT2D eigenvalue weighted by Gasteiger charge is 2.41. The lowest BCUT2D eigenvalue weighted by atomic mass is 9.82. The zero-order valence-electron chi connectivity index (χ0n) is 19.7. The maximum absolute atomic E-state index is 6.04. The summed E-state index contributed by atoms with van der Waals surface area (Å²) in [7, 11) is 0. The van der Waals surface area contributed by atoms with Gasteiger partial charge in [0.25, 0.3) is 0 Å². The zero-order valence-corrected chi connectivity index (χ0v) is 21.3. The molecule has 0 amide bonds. The second-order valence-electron chi connectivity index (χ2n) is 8.70. The second-order valence-corrected chi connectivity index (χ2v) is 9.66. The third-order valence-corrected chi connectivity index (χ3v) is 7.07. The summed E-state index contributed by atoms with van der Waals surface area (Å²) in [5.41, 5.74) is 11.0. The third kappa shape index (κ3) is 5.30. The van der Waals surface area contributed by atoms with Crippen LogP contribution in [0.5, 0.6) is 0 Å². The number of allylic oxidation sites excluding steroid dienone is 3. The molecule has 2 N–H and O–H groups in total. The molecule has 1 saturated carbocycles. The average Bonchev–Trinajstić information content (AvgIpc) is 3.18. The molecule has 34 heavy (non-hydrogen) atoms. The van der Waals surface area contributed by atoms with Crippen LogP contribution in [0, 0.1) is 5.92 Å². The highest BCUT2D eigenvalue weighted by atomic mass is 79.9. The van der Waals surface area contributed by atoms with Crippen LogP contribution < -0.4 is 5.73 Å². The van der Waals surface area contributed by atoms with Gasteiger partial charge in [-0.15, -0.1) is 0 Å². The van der Waals surface area contributed by atoms with E-state index < -0.39 is 5.79 Å². The number of aliphatic imine (C=N–C) groups is 2. The Labute approximate surface area is 209 Å². The molecule has 8 heteroatoms. The summed E-state index contributed by atoms with van der Waals surface area (Å²) in [6, 6.07) is 8.10. The normalized spacial score (nSPS) is 20.9. The molecule has 1 aromatic rings. The molecule has 0 radical (unpaired) electrons. The van der Waals surface area contributed by atoms with E-state index in [1.54, 1.807) is 5.01 Å². The molecule has 1 aliphatic carbocycles. The fourth-order valence-electron chi connectivity index (χ4n) is 4.77. The van der Waals surface area contributed by atoms with Crippen molar-refractivity contribution in [3.8, 4) is 0 Å². The zero-order chi connectivity index (χ0) is 24.1. The summed E-state index contributed by atoms with van der Waals surface area (Å²) in [5.74, 6) is 0.469. The summed E-state index contributed by atoms with van der Waals surface area (Å²) >= 11 is 3.61. The number of rotatable bonds is 7. The van der Waals surface area contributed by atoms with Crippen molar-refractivity contribution >= 4 is 46.3 Å². The molecule has 2 fully saturated rings. The summed E-state index contributed by atoms with van der Waals surface area (Å²) in [6.07, 6.45) is 8.27. The van der Waals surface area contributed by atoms with Crippen LogP contribution in [0.1, 0.15) is 44.6 Å². The van der Waals surface area contributed by atoms with Crippen molar-refractivity contribution in [2.45, 2.75) is 44.8 Å². The van der Waals surface area contributed by atoms with Gasteiger partial charge < -0.3 is 15.2 Å². The number of fused-ring (bicyclic) bond motifs is 1. The largest absolute Gasteiger partial charge is 0.348 e. The van der Waals surface area contributed by atoms with E-state index in [-0.39, 0.29) is 12.6 Å². The molecule has 7 nitrogen and oxygen atoms in total. The van der Waals surface area contributed by atoms with E-state index in [1.807, 2.05) is 31.3 Å². The van der Waals surface area contributed by atoms with Crippen molar-refractivity contribution in [3.05, 3.63) is 57.9 Å². The van der Waals surface area contributed by atoms with Crippen LogP contribution in [-0.4, -0.2) is 49.3 Å². The number of benzene rings is 1. The van der Waals surface area contributed by atoms with Crippen LogP contribution >= 0.6 is 15.9 Å². The Balaban J connectivity index is 1.71. The van der Waals surface area contributed by atoms with Crippen LogP contribution in [0.2, 0.25) is 0 Å². The first-order valence-electron chi connectivity index (χ1n) is 11.7. The van der Waals surface area contributed by atoms with Gasteiger partial charge in [0.2, 0.25) is 0 Å². The molecular weight excluding hydrogens is 494 g/mol. The van der Waals surface area contributed by atoms with E-state index in [0.29, 0.717) is 25.5 Å². The van der Waals surface area contributed by atoms with E-state index in [9.17, 15) is 0 Å². The van der Waals surface area contributed by atoms with Crippen LogP contribution in [-0.2, 0) is 9.47 Å². The van der Waals surface area contributed by atoms with Crippen LogP contribution in [0.25, 0.3) is 6.08 Å². The number of nitrogens with zero attached hydrogens (tertiary/aromatic N) is 4. The van der Waals surface area contributed by atoms with Gasteiger partial charge in [0.1, 0.15) is 0 Å². The molecule has 0 atom stereocenters. The monoisotopic (exact) mass is 525 g/mol. The molecule has 4 rings (SSSR count).